The van der Waals surface area contributed by atoms with E-state index in [2.05, 4.69) is 483 Å². The van der Waals surface area contributed by atoms with E-state index in [0.29, 0.717) is 0 Å². The maximum atomic E-state index is 5.23. The molecule has 0 unspecified atom stereocenters. The second-order valence-corrected chi connectivity index (χ2v) is 32.9. The molecule has 0 spiro atoms. The van der Waals surface area contributed by atoms with Crippen LogP contribution in [0.25, 0.3) is 182 Å². The number of para-hydroxylation sites is 11. The van der Waals surface area contributed by atoms with Crippen LogP contribution in [0.2, 0.25) is 0 Å². The van der Waals surface area contributed by atoms with E-state index in [1.807, 2.05) is 12.4 Å². The van der Waals surface area contributed by atoms with E-state index in [1.165, 1.54) is 138 Å². The number of hydrogen-bond donors (Lipinski definition) is 0. The SMILES string of the molecule is c1ccc(-c2cc(-n3c4c(c5ccccc53)-c3ccccc3N(c3ccc5ccccc5n3)c3ccccc3-4)cc3ccccc23)cc1.c1ccc(-n2c3c(c4ccccc42)-c2ccccc2N(c2nccc4ccccc24)c2ccccc2-3)cc1.c1ccc2c(c1)-c1c(n(-c3ccc4ccccc4c3)c3ccccc13)-c1ccccc1N2c1nccc2ccccc12. The standard InChI is InChI=1S/C45H29N3.C39H25N3.C35H23N3/c1-2-14-30(15-3-1)38-29-33(28-32-17-4-6-18-34(32)38)47-40-23-11-7-19-35(40)44-36-20-8-12-24-41(36)48(42-25-13-9-21-37(42)45(44)47)43-27-26-31-16-5-10-22-39(31)46-43;1-2-13-28-25-29(22-21-26(28)11-1)41-34-18-8-5-15-31(34)37-32-16-6-9-19-35(32)42(36-20-10-7-17-33(36)38(37)41)39-30-14-4-3-12-27(30)23-24-40-39;1-2-13-25(14-3-1)37-30-19-9-6-16-27(30)33-28-17-7-10-20-31(28)38(32-21-11-8-18-29(32)34(33)37)35-26-15-5-4-12-24(26)22-23-36-35/h1-29H;1-25H;1-23H. The minimum Gasteiger partial charge on any atom is -0.309 e. The number of benzene rings is 18. The highest BCUT2D eigenvalue weighted by Crippen LogP contribution is 2.59. The lowest BCUT2D eigenvalue weighted by Crippen LogP contribution is -2.13. The van der Waals surface area contributed by atoms with Crippen LogP contribution >= 0.6 is 0 Å². The molecule has 9 heteroatoms. The van der Waals surface area contributed by atoms with Crippen LogP contribution in [0, 0.1) is 0 Å². The van der Waals surface area contributed by atoms with Crippen molar-refractivity contribution >= 4 is 138 Å². The van der Waals surface area contributed by atoms with Gasteiger partial charge in [0.1, 0.15) is 17.5 Å². The van der Waals surface area contributed by atoms with Gasteiger partial charge in [-0.05, 0) is 165 Å². The maximum absolute atomic E-state index is 5.23. The number of pyridine rings is 3. The second kappa shape index (κ2) is 30.4. The summed E-state index contributed by atoms with van der Waals surface area (Å²) in [5, 5.41) is 14.3. The predicted octanol–water partition coefficient (Wildman–Crippen LogP) is 31.9. The van der Waals surface area contributed by atoms with Gasteiger partial charge in [-0.15, -0.1) is 0 Å². The van der Waals surface area contributed by atoms with Gasteiger partial charge in [-0.25, -0.2) is 15.0 Å². The molecule has 18 aromatic carbocycles. The Morgan fingerprint density at radius 3 is 1.04 bits per heavy atom. The fourth-order valence-corrected chi connectivity index (χ4v) is 20.4. The summed E-state index contributed by atoms with van der Waals surface area (Å²) >= 11 is 0. The molecule has 0 N–H and O–H groups in total. The van der Waals surface area contributed by atoms with Crippen LogP contribution in [-0.4, -0.2) is 28.7 Å². The van der Waals surface area contributed by atoms with Crippen LogP contribution in [0.3, 0.4) is 0 Å². The molecule has 128 heavy (non-hydrogen) atoms. The summed E-state index contributed by atoms with van der Waals surface area (Å²) in [6.07, 6.45) is 3.84. The van der Waals surface area contributed by atoms with Crippen molar-refractivity contribution in [1.82, 2.24) is 28.7 Å². The maximum Gasteiger partial charge on any atom is 0.145 e. The smallest absolute Gasteiger partial charge is 0.145 e. The highest BCUT2D eigenvalue weighted by Gasteiger charge is 2.37. The molecule has 3 aliphatic heterocycles. The number of aromatic nitrogens is 6. The van der Waals surface area contributed by atoms with Gasteiger partial charge >= 0.3 is 0 Å². The zero-order valence-electron chi connectivity index (χ0n) is 69.5. The molecule has 0 saturated heterocycles. The summed E-state index contributed by atoms with van der Waals surface area (Å²) < 4.78 is 7.35. The lowest BCUT2D eigenvalue weighted by molar-refractivity contribution is 1.13. The Labute approximate surface area is 739 Å². The van der Waals surface area contributed by atoms with Crippen molar-refractivity contribution in [3.63, 3.8) is 0 Å². The molecule has 598 valence electrons. The van der Waals surface area contributed by atoms with Crippen molar-refractivity contribution in [3.8, 4) is 95.3 Å². The minimum atomic E-state index is 0.895. The first kappa shape index (κ1) is 73.4. The van der Waals surface area contributed by atoms with Crippen molar-refractivity contribution in [2.24, 2.45) is 0 Å². The monoisotopic (exact) mass is 1630 g/mol. The van der Waals surface area contributed by atoms with Gasteiger partial charge < -0.3 is 13.7 Å². The molecule has 3 aliphatic rings. The van der Waals surface area contributed by atoms with E-state index in [4.69, 9.17) is 15.0 Å². The molecule has 0 aliphatic carbocycles. The summed E-state index contributed by atoms with van der Waals surface area (Å²) in [4.78, 5) is 22.3. The number of nitrogens with zero attached hydrogens (tertiary/aromatic N) is 9. The topological polar surface area (TPSA) is 63.2 Å². The first-order chi connectivity index (χ1) is 63.6. The Bertz CT molecular complexity index is 8560. The van der Waals surface area contributed by atoms with Gasteiger partial charge in [0.05, 0.1) is 73.3 Å². The van der Waals surface area contributed by atoms with E-state index < -0.39 is 0 Å². The third-order valence-electron chi connectivity index (χ3n) is 25.8. The molecule has 0 fully saturated rings. The molecule has 0 radical (unpaired) electrons. The van der Waals surface area contributed by atoms with Crippen LogP contribution in [0.15, 0.2) is 467 Å². The largest absolute Gasteiger partial charge is 0.309 e. The van der Waals surface area contributed by atoms with Gasteiger partial charge in [0.25, 0.3) is 0 Å². The summed E-state index contributed by atoms with van der Waals surface area (Å²) in [5.41, 5.74) is 31.4. The summed E-state index contributed by atoms with van der Waals surface area (Å²) in [6.45, 7) is 0. The average molecular weight is 1630 g/mol. The van der Waals surface area contributed by atoms with Gasteiger partial charge in [0.2, 0.25) is 0 Å². The zero-order valence-corrected chi connectivity index (χ0v) is 69.5. The Morgan fingerprint density at radius 1 is 0.188 bits per heavy atom. The lowest BCUT2D eigenvalue weighted by atomic mass is 9.96. The van der Waals surface area contributed by atoms with Gasteiger partial charge in [-0.3, -0.25) is 14.7 Å². The van der Waals surface area contributed by atoms with Gasteiger partial charge in [0, 0.05) is 112 Å². The molecule has 9 heterocycles. The fraction of sp³-hybridized carbons (Fsp3) is 0. The average Bonchev–Trinajstić information content (AvgIpc) is 1.56. The number of rotatable bonds is 7. The zero-order chi connectivity index (χ0) is 84.3. The predicted molar refractivity (Wildman–Crippen MR) is 534 cm³/mol. The number of hydrogen-bond acceptors (Lipinski definition) is 6. The summed E-state index contributed by atoms with van der Waals surface area (Å²) in [5.74, 6) is 2.76. The normalized spacial score (nSPS) is 12.2. The molecule has 0 atom stereocenters. The van der Waals surface area contributed by atoms with E-state index >= 15 is 0 Å². The van der Waals surface area contributed by atoms with Crippen molar-refractivity contribution in [3.05, 3.63) is 467 Å². The third kappa shape index (κ3) is 11.8. The molecule has 6 aromatic heterocycles. The Hall–Kier alpha value is -17.3. The molecular weight excluding hydrogens is 1560 g/mol. The van der Waals surface area contributed by atoms with Gasteiger partial charge in [-0.2, -0.15) is 0 Å². The molecule has 9 nitrogen and oxygen atoms in total. The van der Waals surface area contributed by atoms with Crippen LogP contribution in [-0.2, 0) is 0 Å². The van der Waals surface area contributed by atoms with Gasteiger partial charge in [-0.1, -0.05) is 334 Å². The van der Waals surface area contributed by atoms with E-state index in [9.17, 15) is 0 Å². The van der Waals surface area contributed by atoms with E-state index in [0.717, 1.165) is 95.9 Å². The Balaban J connectivity index is 0.000000105. The molecule has 27 rings (SSSR count). The molecule has 0 amide bonds. The number of fused-ring (bicyclic) bond motifs is 26. The highest BCUT2D eigenvalue weighted by atomic mass is 15.2. The van der Waals surface area contributed by atoms with Crippen molar-refractivity contribution in [1.29, 1.82) is 0 Å². The quantitative estimate of drug-likeness (QED) is 0.158. The molecule has 24 aromatic rings. The highest BCUT2D eigenvalue weighted by molar-refractivity contribution is 6.18. The van der Waals surface area contributed by atoms with Crippen LogP contribution in [0.5, 0.6) is 0 Å². The molecule has 0 saturated carbocycles. The Kier molecular flexibility index (Phi) is 17.4. The van der Waals surface area contributed by atoms with Gasteiger partial charge in [0.15, 0.2) is 0 Å². The first-order valence-corrected chi connectivity index (χ1v) is 43.6. The van der Waals surface area contributed by atoms with Crippen molar-refractivity contribution in [2.75, 3.05) is 14.7 Å². The van der Waals surface area contributed by atoms with Crippen molar-refractivity contribution in [2.45, 2.75) is 0 Å². The third-order valence-corrected chi connectivity index (χ3v) is 25.8. The van der Waals surface area contributed by atoms with Crippen LogP contribution < -0.4 is 14.7 Å². The Morgan fingerprint density at radius 2 is 0.531 bits per heavy atom. The fourth-order valence-electron chi connectivity index (χ4n) is 20.4. The molecule has 0 bridgehead atoms. The first-order valence-electron chi connectivity index (χ1n) is 43.6. The van der Waals surface area contributed by atoms with Crippen LogP contribution in [0.1, 0.15) is 0 Å². The van der Waals surface area contributed by atoms with Crippen LogP contribution in [0.4, 0.5) is 51.6 Å². The molecular formula is C119H77N9. The lowest BCUT2D eigenvalue weighted by Gasteiger charge is -2.27. The number of anilines is 9. The summed E-state index contributed by atoms with van der Waals surface area (Å²) in [6, 6.07) is 163. The van der Waals surface area contributed by atoms with E-state index in [1.54, 1.807) is 0 Å². The van der Waals surface area contributed by atoms with Crippen molar-refractivity contribution < 1.29 is 0 Å². The summed E-state index contributed by atoms with van der Waals surface area (Å²) in [7, 11) is 0. The van der Waals surface area contributed by atoms with E-state index in [-0.39, 0.29) is 0 Å². The second-order valence-electron chi connectivity index (χ2n) is 32.9. The minimum absolute atomic E-state index is 0.895.